The molecular weight excluding hydrogens is 1370 g/mol. The van der Waals surface area contributed by atoms with Crippen molar-refractivity contribution < 1.29 is 80.2 Å². The minimum Gasteiger partial charge on any atom is -0.462 e. The fraction of sp³-hybridized carbons (Fsp3) is 0.953. The Morgan fingerprint density at radius 1 is 0.276 bits per heavy atom. The Balaban J connectivity index is 5.26. The molecule has 6 atom stereocenters. The molecule has 0 spiro atoms. The molecule has 0 rings (SSSR count). The summed E-state index contributed by atoms with van der Waals surface area (Å²) in [6.45, 7) is 9.71. The third-order valence-corrected chi connectivity index (χ3v) is 22.5. The van der Waals surface area contributed by atoms with Crippen LogP contribution in [0, 0.1) is 11.8 Å². The number of phosphoric ester groups is 2. The fourth-order valence-electron chi connectivity index (χ4n) is 13.4. The van der Waals surface area contributed by atoms with Crippen LogP contribution in [0.2, 0.25) is 0 Å². The van der Waals surface area contributed by atoms with Crippen molar-refractivity contribution in [3.8, 4) is 0 Å². The molecule has 0 fully saturated rings. The zero-order valence-electron chi connectivity index (χ0n) is 69.0. The molecule has 0 saturated heterocycles. The molecule has 3 unspecified atom stereocenters. The molecule has 17 nitrogen and oxygen atoms in total. The van der Waals surface area contributed by atoms with Gasteiger partial charge in [0.1, 0.15) is 19.3 Å². The number of unbranched alkanes of at least 4 members (excludes halogenated alkanes) is 54. The highest BCUT2D eigenvalue weighted by atomic mass is 31.2. The number of phosphoric acid groups is 2. The second-order valence-electron chi connectivity index (χ2n) is 31.6. The van der Waals surface area contributed by atoms with E-state index in [1.165, 1.54) is 276 Å². The summed E-state index contributed by atoms with van der Waals surface area (Å²) in [4.78, 5) is 73.3. The molecule has 0 aliphatic rings. The molecule has 3 N–H and O–H groups in total. The van der Waals surface area contributed by atoms with E-state index in [0.717, 1.165) is 102 Å². The van der Waals surface area contributed by atoms with Crippen LogP contribution in [-0.4, -0.2) is 96.7 Å². The molecule has 105 heavy (non-hydrogen) atoms. The molecular formula is C86H168O17P2. The predicted molar refractivity (Wildman–Crippen MR) is 432 cm³/mol. The van der Waals surface area contributed by atoms with Gasteiger partial charge in [0.2, 0.25) is 0 Å². The zero-order valence-corrected chi connectivity index (χ0v) is 70.8. The van der Waals surface area contributed by atoms with Crippen molar-refractivity contribution in [3.63, 3.8) is 0 Å². The van der Waals surface area contributed by atoms with Gasteiger partial charge in [-0.3, -0.25) is 37.3 Å². The number of aliphatic hydroxyl groups is 1. The molecule has 0 amide bonds. The number of esters is 4. The average Bonchev–Trinajstić information content (AvgIpc) is 0.908. The van der Waals surface area contributed by atoms with Gasteiger partial charge in [0.15, 0.2) is 12.2 Å². The van der Waals surface area contributed by atoms with Gasteiger partial charge in [-0.05, 0) is 37.5 Å². The highest BCUT2D eigenvalue weighted by Gasteiger charge is 2.30. The minimum absolute atomic E-state index is 0.108. The van der Waals surface area contributed by atoms with E-state index in [1.54, 1.807) is 0 Å². The smallest absolute Gasteiger partial charge is 0.462 e. The molecule has 0 heterocycles. The Hall–Kier alpha value is -1.94. The second kappa shape index (κ2) is 77.4. The lowest BCUT2D eigenvalue weighted by Crippen LogP contribution is -2.30. The van der Waals surface area contributed by atoms with Gasteiger partial charge in [-0.2, -0.15) is 0 Å². The lowest BCUT2D eigenvalue weighted by atomic mass is 9.99. The molecule has 0 aromatic heterocycles. The summed E-state index contributed by atoms with van der Waals surface area (Å²) in [5.41, 5.74) is 0. The van der Waals surface area contributed by atoms with Gasteiger partial charge in [-0.1, -0.05) is 408 Å². The van der Waals surface area contributed by atoms with E-state index in [9.17, 15) is 43.2 Å². The van der Waals surface area contributed by atoms with Crippen molar-refractivity contribution in [2.24, 2.45) is 11.8 Å². The summed E-state index contributed by atoms with van der Waals surface area (Å²) >= 11 is 0. The van der Waals surface area contributed by atoms with Crippen molar-refractivity contribution >= 4 is 39.5 Å². The van der Waals surface area contributed by atoms with E-state index in [2.05, 4.69) is 41.5 Å². The molecule has 0 aromatic rings. The minimum atomic E-state index is -4.97. The van der Waals surface area contributed by atoms with E-state index >= 15 is 0 Å². The van der Waals surface area contributed by atoms with Gasteiger partial charge in [-0.15, -0.1) is 0 Å². The summed E-state index contributed by atoms with van der Waals surface area (Å²) in [6, 6.07) is 0. The monoisotopic (exact) mass is 1540 g/mol. The number of carbonyl (C=O) groups is 4. The number of ether oxygens (including phenoxy) is 4. The van der Waals surface area contributed by atoms with E-state index in [4.69, 9.17) is 37.0 Å². The lowest BCUT2D eigenvalue weighted by Gasteiger charge is -2.21. The van der Waals surface area contributed by atoms with Crippen LogP contribution < -0.4 is 0 Å². The fourth-order valence-corrected chi connectivity index (χ4v) is 15.0. The van der Waals surface area contributed by atoms with Crippen LogP contribution in [0.15, 0.2) is 0 Å². The maximum atomic E-state index is 13.1. The molecule has 0 aliphatic heterocycles. The van der Waals surface area contributed by atoms with Crippen LogP contribution in [0.1, 0.15) is 459 Å². The summed E-state index contributed by atoms with van der Waals surface area (Å²) < 4.78 is 68.9. The first kappa shape index (κ1) is 103. The third-order valence-electron chi connectivity index (χ3n) is 20.6. The molecule has 0 bridgehead atoms. The van der Waals surface area contributed by atoms with Crippen LogP contribution in [0.4, 0.5) is 0 Å². The van der Waals surface area contributed by atoms with E-state index in [0.29, 0.717) is 25.7 Å². The number of aliphatic hydroxyl groups excluding tert-OH is 1. The number of hydrogen-bond acceptors (Lipinski definition) is 15. The highest BCUT2D eigenvalue weighted by molar-refractivity contribution is 7.47. The molecule has 0 aromatic carbocycles. The Morgan fingerprint density at radius 2 is 0.486 bits per heavy atom. The van der Waals surface area contributed by atoms with Crippen molar-refractivity contribution in [1.29, 1.82) is 0 Å². The van der Waals surface area contributed by atoms with Gasteiger partial charge in [0.25, 0.3) is 0 Å². The average molecular weight is 1540 g/mol. The predicted octanol–water partition coefficient (Wildman–Crippen LogP) is 26.2. The van der Waals surface area contributed by atoms with Crippen LogP contribution in [0.5, 0.6) is 0 Å². The van der Waals surface area contributed by atoms with Crippen molar-refractivity contribution in [2.75, 3.05) is 39.6 Å². The Kier molecular flexibility index (Phi) is 76.0. The first-order valence-electron chi connectivity index (χ1n) is 44.5. The first-order chi connectivity index (χ1) is 50.9. The first-order valence-corrected chi connectivity index (χ1v) is 47.5. The number of carbonyl (C=O) groups excluding carboxylic acids is 4. The van der Waals surface area contributed by atoms with Crippen molar-refractivity contribution in [3.05, 3.63) is 0 Å². The third kappa shape index (κ3) is 78.5. The van der Waals surface area contributed by atoms with Crippen molar-refractivity contribution in [2.45, 2.75) is 477 Å². The maximum Gasteiger partial charge on any atom is 0.472 e. The largest absolute Gasteiger partial charge is 0.472 e. The second-order valence-corrected chi connectivity index (χ2v) is 34.6. The van der Waals surface area contributed by atoms with E-state index in [1.807, 2.05) is 0 Å². The van der Waals surface area contributed by atoms with Gasteiger partial charge < -0.3 is 33.8 Å². The van der Waals surface area contributed by atoms with Crippen molar-refractivity contribution in [1.82, 2.24) is 0 Å². The van der Waals surface area contributed by atoms with Crippen LogP contribution in [0.3, 0.4) is 0 Å². The van der Waals surface area contributed by atoms with Gasteiger partial charge in [0, 0.05) is 25.7 Å². The van der Waals surface area contributed by atoms with Gasteiger partial charge >= 0.3 is 39.5 Å². The van der Waals surface area contributed by atoms with Gasteiger partial charge in [0.05, 0.1) is 26.4 Å². The summed E-state index contributed by atoms with van der Waals surface area (Å²) in [5, 5.41) is 10.7. The molecule has 0 saturated carbocycles. The summed E-state index contributed by atoms with van der Waals surface area (Å²) in [5.74, 6) is -0.514. The van der Waals surface area contributed by atoms with Crippen LogP contribution in [0.25, 0.3) is 0 Å². The summed E-state index contributed by atoms with van der Waals surface area (Å²) in [6.07, 6.45) is 69.3. The van der Waals surface area contributed by atoms with Gasteiger partial charge in [-0.25, -0.2) is 9.13 Å². The Morgan fingerprint density at radius 3 is 0.724 bits per heavy atom. The molecule has 0 aliphatic carbocycles. The van der Waals surface area contributed by atoms with E-state index < -0.39 is 97.5 Å². The van der Waals surface area contributed by atoms with E-state index in [-0.39, 0.29) is 25.7 Å². The molecule has 624 valence electrons. The number of hydrogen-bond donors (Lipinski definition) is 3. The Bertz CT molecular complexity index is 2010. The normalized spacial score (nSPS) is 14.1. The summed E-state index contributed by atoms with van der Waals surface area (Å²) in [7, 11) is -9.93. The standard InChI is InChI=1S/C86H168O17P2/c1-7-10-12-14-16-18-20-22-24-26-31-35-39-43-50-56-62-68-83(88)96-74-81(102-85(90)70-65-59-53-45-41-37-33-29-28-30-34-38-42-48-54-60-66-78(4)5)76-100-104(92,93)98-72-80(87)73-99-105(94,95)101-77-82(75-97-84(89)69-63-57-51-47-46-49-55-61-67-79(6)9-3)103-86(91)71-64-58-52-44-40-36-32-27-25-23-21-19-17-15-13-11-8-2/h78-82,87H,7-77H2,1-6H3,(H,92,93)(H,94,95)/t79?,80-,81-,82-/m1/s1. The Labute approximate surface area is 645 Å². The lowest BCUT2D eigenvalue weighted by molar-refractivity contribution is -0.161. The number of rotatable bonds is 85. The molecule has 19 heteroatoms. The van der Waals surface area contributed by atoms with Crippen LogP contribution >= 0.6 is 15.6 Å². The SMILES string of the molecule is CCCCCCCCCCCCCCCCCCCC(=O)OC[C@H](COP(=O)(O)OC[C@@H](O)COP(=O)(O)OC[C@@H](COC(=O)CCCCCCCCCCC(C)CC)OC(=O)CCCCCCCCCCCCCCCCCCC)OC(=O)CCCCCCCCCCCCCCCCCCC(C)C. The highest BCUT2D eigenvalue weighted by Crippen LogP contribution is 2.45. The molecule has 0 radical (unpaired) electrons. The quantitative estimate of drug-likeness (QED) is 0.0222. The topological polar surface area (TPSA) is 237 Å². The van der Waals surface area contributed by atoms with Crippen LogP contribution in [-0.2, 0) is 65.4 Å². The maximum absolute atomic E-state index is 13.1. The zero-order chi connectivity index (χ0) is 77.1.